The predicted molar refractivity (Wildman–Crippen MR) is 245 cm³/mol. The van der Waals surface area contributed by atoms with Crippen molar-refractivity contribution in [1.82, 2.24) is 5.32 Å². The molecular weight excluding hydrogens is 773 g/mol. The van der Waals surface area contributed by atoms with Gasteiger partial charge in [0, 0.05) is 25.4 Å². The third kappa shape index (κ3) is 17.9. The molecule has 1 amide bonds. The zero-order valence-electron chi connectivity index (χ0n) is 39.4. The normalized spacial score (nSPS) is 28.8. The first-order chi connectivity index (χ1) is 28.4. The quantitative estimate of drug-likeness (QED) is 0.0323. The maximum atomic E-state index is 12.7. The number of hydrogen-bond donors (Lipinski definition) is 3. The van der Waals surface area contributed by atoms with Gasteiger partial charge in [-0.3, -0.25) is 9.35 Å². The second-order valence-electron chi connectivity index (χ2n) is 21.3. The molecule has 0 spiro atoms. The van der Waals surface area contributed by atoms with Crippen LogP contribution in [0.4, 0.5) is 0 Å². The number of allylic oxidation sites excluding steroid dienone is 2. The number of carbonyl (C=O) groups excluding carboxylic acids is 2. The Bertz CT molecular complexity index is 1390. The number of carboxylic acid groups (broad SMARTS) is 1. The number of carboxylic acids is 1. The molecular formula is C50H92N2O7S. The molecule has 5 unspecified atom stereocenters. The van der Waals surface area contributed by atoms with Gasteiger partial charge in [-0.1, -0.05) is 104 Å². The summed E-state index contributed by atoms with van der Waals surface area (Å²) in [6, 6.07) is 0. The standard InChI is InChI=1S/C32H58N2O5S.C18H34O2/c1-23(10-15-30(36)33-19-8-20-34(4,5)21-25(35)22-40(37,38)39)27-13-14-28-26-12-11-24-9-6-7-17-31(24,2)29(26)16-18-32(27,28)3;1-2-3-4-5-6-7-8-9-10-11-12-13-14-15-16-17-18(19)20/h23-29,35H,6-22H2,1-5H3,(H-,33,36,37,38,39);9-10H,2-8,11-17H2,1H3,(H,19,20)/b;10-9-/t23-,24?,25?,26?,27-,28?,29?,31+,32-;/m1./s1. The van der Waals surface area contributed by atoms with E-state index in [1.807, 2.05) is 14.1 Å². The first-order valence-corrected chi connectivity index (χ1v) is 26.6. The topological polar surface area (TPSA) is 144 Å². The minimum atomic E-state index is -4.19. The van der Waals surface area contributed by atoms with Gasteiger partial charge in [-0.25, -0.2) is 0 Å². The highest BCUT2D eigenvalue weighted by Crippen LogP contribution is 2.68. The van der Waals surface area contributed by atoms with Crippen LogP contribution in [-0.4, -0.2) is 80.0 Å². The number of amides is 1. The Kier molecular flexibility index (Phi) is 23.2. The van der Waals surface area contributed by atoms with E-state index in [2.05, 4.69) is 45.2 Å². The van der Waals surface area contributed by atoms with E-state index >= 15 is 0 Å². The number of hydrogen-bond acceptors (Lipinski definition) is 6. The van der Waals surface area contributed by atoms with Gasteiger partial charge in [0.05, 0.1) is 20.6 Å². The van der Waals surface area contributed by atoms with Gasteiger partial charge in [-0.2, -0.15) is 8.42 Å². The Morgan fingerprint density at radius 1 is 0.800 bits per heavy atom. The van der Waals surface area contributed by atoms with Crippen LogP contribution in [0, 0.1) is 46.3 Å². The van der Waals surface area contributed by atoms with E-state index in [1.54, 1.807) is 0 Å². The average molecular weight is 865 g/mol. The van der Waals surface area contributed by atoms with E-state index in [0.29, 0.717) is 40.7 Å². The molecule has 4 aliphatic rings. The van der Waals surface area contributed by atoms with Crippen LogP contribution in [0.1, 0.15) is 201 Å². The minimum absolute atomic E-state index is 0.121. The molecule has 4 aliphatic carbocycles. The van der Waals surface area contributed by atoms with Crippen molar-refractivity contribution in [3.05, 3.63) is 12.2 Å². The molecule has 0 aliphatic heterocycles. The van der Waals surface area contributed by atoms with Gasteiger partial charge in [-0.05, 0) is 143 Å². The lowest BCUT2D eigenvalue weighted by molar-refractivity contribution is -0.893. The molecule has 0 aromatic carbocycles. The zero-order valence-corrected chi connectivity index (χ0v) is 40.2. The summed E-state index contributed by atoms with van der Waals surface area (Å²) in [6.07, 6.45) is 36.4. The van der Waals surface area contributed by atoms with Gasteiger partial charge < -0.3 is 24.8 Å². The summed E-state index contributed by atoms with van der Waals surface area (Å²) in [5, 5.41) is 23.2. The van der Waals surface area contributed by atoms with Crippen LogP contribution in [-0.2, 0) is 19.7 Å². The molecule has 0 bridgehead atoms. The van der Waals surface area contributed by atoms with E-state index in [0.717, 1.165) is 61.7 Å². The van der Waals surface area contributed by atoms with Crippen molar-refractivity contribution < 1.29 is 37.3 Å². The third-order valence-electron chi connectivity index (χ3n) is 16.2. The number of quaternary nitrogens is 1. The molecule has 9 nitrogen and oxygen atoms in total. The van der Waals surface area contributed by atoms with E-state index in [4.69, 9.17) is 4.55 Å². The Balaban J connectivity index is 0.000000407. The van der Waals surface area contributed by atoms with Gasteiger partial charge in [0.25, 0.3) is 10.1 Å². The molecule has 3 N–H and O–H groups in total. The fourth-order valence-corrected chi connectivity index (χ4v) is 13.5. The van der Waals surface area contributed by atoms with Crippen molar-refractivity contribution in [2.24, 2.45) is 46.3 Å². The van der Waals surface area contributed by atoms with E-state index < -0.39 is 27.9 Å². The fourth-order valence-electron chi connectivity index (χ4n) is 13.0. The first kappa shape index (κ1) is 52.9. The lowest BCUT2D eigenvalue weighted by Crippen LogP contribution is -2.53. The molecule has 10 heteroatoms. The number of nitrogens with one attached hydrogen (secondary N) is 1. The highest BCUT2D eigenvalue weighted by molar-refractivity contribution is 7.85. The predicted octanol–water partition coefficient (Wildman–Crippen LogP) is 10.1. The van der Waals surface area contributed by atoms with Crippen LogP contribution in [0.3, 0.4) is 0 Å². The molecule has 350 valence electrons. The largest absolute Gasteiger partial charge is 0.550 e. The van der Waals surface area contributed by atoms with Gasteiger partial charge >= 0.3 is 0 Å². The molecule has 4 rings (SSSR count). The second kappa shape index (κ2) is 26.3. The number of carbonyl (C=O) groups is 2. The number of aliphatic hydroxyl groups is 1. The molecule has 4 saturated carbocycles. The Hall–Kier alpha value is -1.49. The lowest BCUT2D eigenvalue weighted by atomic mass is 9.44. The summed E-state index contributed by atoms with van der Waals surface area (Å²) in [7, 11) is -0.357. The summed E-state index contributed by atoms with van der Waals surface area (Å²) in [4.78, 5) is 22.9. The maximum absolute atomic E-state index is 12.7. The maximum Gasteiger partial charge on any atom is 0.267 e. The Morgan fingerprint density at radius 3 is 2.08 bits per heavy atom. The molecule has 60 heavy (non-hydrogen) atoms. The van der Waals surface area contributed by atoms with Crippen molar-refractivity contribution in [1.29, 1.82) is 0 Å². The van der Waals surface area contributed by atoms with Crippen LogP contribution in [0.2, 0.25) is 0 Å². The van der Waals surface area contributed by atoms with Crippen molar-refractivity contribution in [2.75, 3.05) is 39.5 Å². The van der Waals surface area contributed by atoms with Gasteiger partial charge in [-0.15, -0.1) is 0 Å². The van der Waals surface area contributed by atoms with E-state index in [9.17, 15) is 28.2 Å². The second-order valence-corrected chi connectivity index (χ2v) is 22.8. The van der Waals surface area contributed by atoms with Crippen LogP contribution in [0.25, 0.3) is 0 Å². The number of aliphatic hydroxyl groups excluding tert-OH is 1. The van der Waals surface area contributed by atoms with Gasteiger partial charge in [0.1, 0.15) is 18.4 Å². The lowest BCUT2D eigenvalue weighted by Gasteiger charge is -2.61. The van der Waals surface area contributed by atoms with Crippen LogP contribution in [0.15, 0.2) is 12.2 Å². The fraction of sp³-hybridized carbons (Fsp3) is 0.920. The number of rotatable bonds is 27. The molecule has 0 aromatic rings. The summed E-state index contributed by atoms with van der Waals surface area (Å²) in [5.41, 5.74) is 1.04. The monoisotopic (exact) mass is 865 g/mol. The van der Waals surface area contributed by atoms with E-state index in [-0.39, 0.29) is 18.9 Å². The molecule has 0 heterocycles. The summed E-state index contributed by atoms with van der Waals surface area (Å²) >= 11 is 0. The van der Waals surface area contributed by atoms with Crippen molar-refractivity contribution in [3.8, 4) is 0 Å². The van der Waals surface area contributed by atoms with Crippen LogP contribution < -0.4 is 10.4 Å². The first-order valence-electron chi connectivity index (χ1n) is 25.0. The van der Waals surface area contributed by atoms with Crippen LogP contribution in [0.5, 0.6) is 0 Å². The highest BCUT2D eigenvalue weighted by atomic mass is 32.2. The molecule has 0 aromatic heterocycles. The summed E-state index contributed by atoms with van der Waals surface area (Å²) in [5.74, 6) is 3.58. The molecule has 9 atom stereocenters. The van der Waals surface area contributed by atoms with Gasteiger partial charge in [0.15, 0.2) is 0 Å². The Labute approximate surface area is 368 Å². The van der Waals surface area contributed by atoms with Crippen molar-refractivity contribution in [2.45, 2.75) is 207 Å². The third-order valence-corrected chi connectivity index (χ3v) is 17.0. The van der Waals surface area contributed by atoms with Crippen molar-refractivity contribution in [3.63, 3.8) is 0 Å². The zero-order chi connectivity index (χ0) is 44.2. The number of aliphatic carboxylic acids is 1. The molecule has 0 radical (unpaired) electrons. The summed E-state index contributed by atoms with van der Waals surface area (Å²) in [6.45, 7) is 11.4. The smallest absolute Gasteiger partial charge is 0.267 e. The van der Waals surface area contributed by atoms with Crippen LogP contribution >= 0.6 is 0 Å². The SMILES string of the molecule is CCCCCCCC/C=C\CCCCCCCC(=O)[O-].C[C@H](CCC(=O)NCCC[N+](C)(C)CC(O)CS(=O)(=O)O)[C@H]1CCC2C3CCC4CCCC[C@]4(C)C3CC[C@@]21C. The van der Waals surface area contributed by atoms with Crippen molar-refractivity contribution >= 4 is 22.0 Å². The number of likely N-dealkylation sites (N-methyl/N-ethyl adjacent to an activating group) is 1. The van der Waals surface area contributed by atoms with Gasteiger partial charge in [0.2, 0.25) is 5.91 Å². The number of fused-ring (bicyclic) bond motifs is 5. The number of unbranched alkanes of at least 4 members (excludes halogenated alkanes) is 11. The molecule has 4 fully saturated rings. The molecule has 0 saturated heterocycles. The Morgan fingerprint density at radius 2 is 1.43 bits per heavy atom. The summed E-state index contributed by atoms with van der Waals surface area (Å²) < 4.78 is 31.4. The van der Waals surface area contributed by atoms with E-state index in [1.165, 1.54) is 128 Å². The minimum Gasteiger partial charge on any atom is -0.550 e. The number of nitrogens with zero attached hydrogens (tertiary/aromatic N) is 1. The average Bonchev–Trinajstić information content (AvgIpc) is 3.53. The highest BCUT2D eigenvalue weighted by Gasteiger charge is 2.60.